The Labute approximate surface area is 159 Å². The molecule has 0 aromatic rings. The zero-order valence-electron chi connectivity index (χ0n) is 14.7. The molecule has 0 heterocycles. The summed E-state index contributed by atoms with van der Waals surface area (Å²) in [6, 6.07) is 0. The molecule has 0 spiro atoms. The summed E-state index contributed by atoms with van der Waals surface area (Å²) in [4.78, 5) is 0. The Bertz CT molecular complexity index is 333. The summed E-state index contributed by atoms with van der Waals surface area (Å²) in [6.45, 7) is 4.21. The van der Waals surface area contributed by atoms with Gasteiger partial charge in [0.05, 0.1) is 21.5 Å². The summed E-state index contributed by atoms with van der Waals surface area (Å²) in [6.07, 6.45) is 9.92. The molecule has 0 aliphatic carbocycles. The number of aliphatic hydroxyl groups is 1. The SMILES string of the molecule is CCCCCCCCC(O)CC(CCCCC)S(=O)(=O)[O-].[Na+]. The summed E-state index contributed by atoms with van der Waals surface area (Å²) < 4.78 is 33.7. The molecule has 0 aliphatic heterocycles. The van der Waals surface area contributed by atoms with Gasteiger partial charge in [0.15, 0.2) is 0 Å². The van der Waals surface area contributed by atoms with Crippen LogP contribution in [0.15, 0.2) is 0 Å². The van der Waals surface area contributed by atoms with E-state index in [0.717, 1.165) is 32.1 Å². The Kier molecular flexibility index (Phi) is 17.6. The molecule has 128 valence electrons. The maximum atomic E-state index is 11.2. The van der Waals surface area contributed by atoms with Crippen LogP contribution in [0.5, 0.6) is 0 Å². The van der Waals surface area contributed by atoms with Crippen LogP contribution < -0.4 is 29.6 Å². The third-order valence-corrected chi connectivity index (χ3v) is 5.21. The summed E-state index contributed by atoms with van der Waals surface area (Å²) >= 11 is 0. The minimum atomic E-state index is -4.29. The van der Waals surface area contributed by atoms with Crippen LogP contribution in [-0.4, -0.2) is 29.4 Å². The van der Waals surface area contributed by atoms with E-state index in [1.54, 1.807) is 0 Å². The molecule has 1 N–H and O–H groups in total. The minimum Gasteiger partial charge on any atom is -0.748 e. The van der Waals surface area contributed by atoms with Crippen molar-refractivity contribution in [2.45, 2.75) is 102 Å². The van der Waals surface area contributed by atoms with Gasteiger partial charge in [-0.3, -0.25) is 0 Å². The molecule has 6 heteroatoms. The molecule has 0 fully saturated rings. The van der Waals surface area contributed by atoms with Gasteiger partial charge in [-0.1, -0.05) is 71.6 Å². The predicted molar refractivity (Wildman–Crippen MR) is 86.2 cm³/mol. The molecule has 0 aromatic heterocycles. The molecule has 0 aromatic carbocycles. The second-order valence-electron chi connectivity index (χ2n) is 6.06. The first kappa shape index (κ1) is 25.1. The van der Waals surface area contributed by atoms with Crippen molar-refractivity contribution in [1.29, 1.82) is 0 Å². The van der Waals surface area contributed by atoms with Crippen LogP contribution in [0.2, 0.25) is 0 Å². The Hall–Kier alpha value is 0.870. The molecule has 22 heavy (non-hydrogen) atoms. The molecule has 2 atom stereocenters. The first-order chi connectivity index (χ1) is 9.91. The fourth-order valence-corrected chi connectivity index (χ4v) is 3.50. The van der Waals surface area contributed by atoms with Crippen LogP contribution in [-0.2, 0) is 10.1 Å². The summed E-state index contributed by atoms with van der Waals surface area (Å²) in [5, 5.41) is 9.02. The Morgan fingerprint density at radius 2 is 1.32 bits per heavy atom. The van der Waals surface area contributed by atoms with Crippen LogP contribution in [0, 0.1) is 0 Å². The van der Waals surface area contributed by atoms with Crippen molar-refractivity contribution < 1.29 is 47.6 Å². The van der Waals surface area contributed by atoms with Gasteiger partial charge in [0.1, 0.15) is 0 Å². The van der Waals surface area contributed by atoms with E-state index in [4.69, 9.17) is 0 Å². The van der Waals surface area contributed by atoms with E-state index in [9.17, 15) is 18.1 Å². The van der Waals surface area contributed by atoms with E-state index < -0.39 is 21.5 Å². The van der Waals surface area contributed by atoms with Gasteiger partial charge in [0, 0.05) is 0 Å². The molecule has 0 bridgehead atoms. The molecular weight excluding hydrogens is 311 g/mol. The monoisotopic (exact) mass is 344 g/mol. The van der Waals surface area contributed by atoms with Crippen molar-refractivity contribution in [2.75, 3.05) is 0 Å². The van der Waals surface area contributed by atoms with E-state index in [1.165, 1.54) is 25.7 Å². The number of rotatable bonds is 14. The maximum Gasteiger partial charge on any atom is 1.00 e. The van der Waals surface area contributed by atoms with Crippen molar-refractivity contribution in [1.82, 2.24) is 0 Å². The van der Waals surface area contributed by atoms with E-state index in [0.29, 0.717) is 12.8 Å². The number of unbranched alkanes of at least 4 members (excludes halogenated alkanes) is 7. The average molecular weight is 344 g/mol. The fraction of sp³-hybridized carbons (Fsp3) is 1.00. The number of hydrogen-bond acceptors (Lipinski definition) is 4. The van der Waals surface area contributed by atoms with Crippen LogP contribution in [0.1, 0.15) is 90.9 Å². The van der Waals surface area contributed by atoms with Crippen LogP contribution in [0.3, 0.4) is 0 Å². The van der Waals surface area contributed by atoms with E-state index in [1.807, 2.05) is 6.92 Å². The fourth-order valence-electron chi connectivity index (χ4n) is 2.58. The summed E-state index contributed by atoms with van der Waals surface area (Å²) in [5.74, 6) is 0. The van der Waals surface area contributed by atoms with Crippen LogP contribution >= 0.6 is 0 Å². The quantitative estimate of drug-likeness (QED) is 0.290. The van der Waals surface area contributed by atoms with E-state index in [2.05, 4.69) is 6.92 Å². The smallest absolute Gasteiger partial charge is 0.748 e. The van der Waals surface area contributed by atoms with Gasteiger partial charge in [0.25, 0.3) is 0 Å². The van der Waals surface area contributed by atoms with Crippen molar-refractivity contribution in [3.05, 3.63) is 0 Å². The Morgan fingerprint density at radius 3 is 1.86 bits per heavy atom. The Morgan fingerprint density at radius 1 is 0.864 bits per heavy atom. The molecule has 0 saturated carbocycles. The van der Waals surface area contributed by atoms with Crippen molar-refractivity contribution >= 4 is 10.1 Å². The third kappa shape index (κ3) is 14.5. The normalized spacial score (nSPS) is 14.4. The van der Waals surface area contributed by atoms with Crippen molar-refractivity contribution in [2.24, 2.45) is 0 Å². The van der Waals surface area contributed by atoms with Gasteiger partial charge in [0.2, 0.25) is 0 Å². The van der Waals surface area contributed by atoms with Gasteiger partial charge in [-0.05, 0) is 19.3 Å². The van der Waals surface area contributed by atoms with Gasteiger partial charge in [-0.15, -0.1) is 0 Å². The molecule has 4 nitrogen and oxygen atoms in total. The zero-order valence-corrected chi connectivity index (χ0v) is 17.5. The standard InChI is InChI=1S/C16H34O4S.Na/c1-3-5-7-8-9-11-12-15(17)14-16(21(18,19)20)13-10-6-4-2;/h15-17H,3-14H2,1-2H3,(H,18,19,20);/q;+1/p-1. The van der Waals surface area contributed by atoms with Gasteiger partial charge < -0.3 is 9.66 Å². The van der Waals surface area contributed by atoms with Gasteiger partial charge in [-0.2, -0.15) is 0 Å². The predicted octanol–water partition coefficient (Wildman–Crippen LogP) is 0.986. The molecule has 0 saturated heterocycles. The molecule has 2 unspecified atom stereocenters. The first-order valence-electron chi connectivity index (χ1n) is 8.54. The minimum absolute atomic E-state index is 0. The van der Waals surface area contributed by atoms with Crippen molar-refractivity contribution in [3.8, 4) is 0 Å². The van der Waals surface area contributed by atoms with Gasteiger partial charge in [-0.25, -0.2) is 8.42 Å². The van der Waals surface area contributed by atoms with Crippen molar-refractivity contribution in [3.63, 3.8) is 0 Å². The van der Waals surface area contributed by atoms with E-state index >= 15 is 0 Å². The summed E-state index contributed by atoms with van der Waals surface area (Å²) in [5.41, 5.74) is 0. The molecular formula is C16H33NaO4S. The average Bonchev–Trinajstić information content (AvgIpc) is 2.40. The Balaban J connectivity index is 0. The molecule has 0 aliphatic rings. The van der Waals surface area contributed by atoms with E-state index in [-0.39, 0.29) is 36.0 Å². The summed E-state index contributed by atoms with van der Waals surface area (Å²) in [7, 11) is -4.29. The second kappa shape index (κ2) is 15.4. The topological polar surface area (TPSA) is 77.4 Å². The largest absolute Gasteiger partial charge is 1.00 e. The number of aliphatic hydroxyl groups excluding tert-OH is 1. The molecule has 0 amide bonds. The second-order valence-corrected chi connectivity index (χ2v) is 7.71. The number of hydrogen-bond donors (Lipinski definition) is 1. The molecule has 0 rings (SSSR count). The van der Waals surface area contributed by atoms with Crippen LogP contribution in [0.4, 0.5) is 0 Å². The van der Waals surface area contributed by atoms with Gasteiger partial charge >= 0.3 is 29.6 Å². The third-order valence-electron chi connectivity index (χ3n) is 3.96. The molecule has 0 radical (unpaired) electrons. The first-order valence-corrected chi connectivity index (χ1v) is 10.0. The van der Waals surface area contributed by atoms with Crippen LogP contribution in [0.25, 0.3) is 0 Å². The zero-order chi connectivity index (χ0) is 16.1. The maximum absolute atomic E-state index is 11.2.